The van der Waals surface area contributed by atoms with Gasteiger partial charge in [-0.1, -0.05) is 30.3 Å². The third kappa shape index (κ3) is 3.52. The second-order valence-electron chi connectivity index (χ2n) is 9.59. The molecule has 8 nitrogen and oxygen atoms in total. The minimum Gasteiger partial charge on any atom is -0.478 e. The maximum Gasteiger partial charge on any atom is 0.336 e. The largest absolute Gasteiger partial charge is 0.478 e. The van der Waals surface area contributed by atoms with Gasteiger partial charge in [0.15, 0.2) is 0 Å². The third-order valence-corrected chi connectivity index (χ3v) is 7.36. The predicted octanol–water partition coefficient (Wildman–Crippen LogP) is 5.06. The van der Waals surface area contributed by atoms with Crippen molar-refractivity contribution in [2.45, 2.75) is 6.42 Å². The highest BCUT2D eigenvalue weighted by Gasteiger charge is 2.26. The predicted molar refractivity (Wildman–Crippen MR) is 148 cm³/mol. The van der Waals surface area contributed by atoms with Gasteiger partial charge in [-0.3, -0.25) is 9.59 Å². The van der Waals surface area contributed by atoms with E-state index in [1.807, 2.05) is 0 Å². The van der Waals surface area contributed by atoms with E-state index >= 15 is 0 Å². The Hall–Kier alpha value is -5.57. The molecule has 2 amide bonds. The van der Waals surface area contributed by atoms with Gasteiger partial charge in [-0.25, -0.2) is 14.0 Å². The average Bonchev–Trinajstić information content (AvgIpc) is 2.90. The van der Waals surface area contributed by atoms with E-state index in [4.69, 9.17) is 11.5 Å². The number of rotatable bonds is 6. The van der Waals surface area contributed by atoms with Crippen LogP contribution in [0, 0.1) is 5.82 Å². The van der Waals surface area contributed by atoms with Crippen molar-refractivity contribution in [2.75, 3.05) is 0 Å². The van der Waals surface area contributed by atoms with Crippen molar-refractivity contribution in [1.82, 2.24) is 0 Å². The van der Waals surface area contributed by atoms with E-state index in [1.165, 1.54) is 36.4 Å². The van der Waals surface area contributed by atoms with Crippen LogP contribution in [-0.2, 0) is 6.42 Å². The van der Waals surface area contributed by atoms with Crippen LogP contribution < -0.4 is 11.5 Å². The van der Waals surface area contributed by atoms with Gasteiger partial charge in [-0.05, 0) is 86.3 Å². The summed E-state index contributed by atoms with van der Waals surface area (Å²) in [6.07, 6.45) is 0.152. The van der Waals surface area contributed by atoms with Gasteiger partial charge in [-0.15, -0.1) is 0 Å². The Morgan fingerprint density at radius 3 is 1.73 bits per heavy atom. The van der Waals surface area contributed by atoms with Gasteiger partial charge >= 0.3 is 11.9 Å². The van der Waals surface area contributed by atoms with Crippen LogP contribution in [0.2, 0.25) is 0 Å². The average molecular weight is 534 g/mol. The molecule has 0 saturated heterocycles. The van der Waals surface area contributed by atoms with E-state index in [0.717, 1.165) is 0 Å². The van der Waals surface area contributed by atoms with E-state index in [2.05, 4.69) is 0 Å². The molecule has 0 aromatic heterocycles. The van der Waals surface area contributed by atoms with Gasteiger partial charge in [0.05, 0.1) is 11.1 Å². The van der Waals surface area contributed by atoms with Crippen molar-refractivity contribution in [3.63, 3.8) is 0 Å². The highest BCUT2D eigenvalue weighted by molar-refractivity contribution is 6.38. The number of halogens is 1. The smallest absolute Gasteiger partial charge is 0.336 e. The molecule has 0 aliphatic heterocycles. The van der Waals surface area contributed by atoms with Crippen LogP contribution in [0.1, 0.15) is 52.6 Å². The van der Waals surface area contributed by atoms with E-state index in [0.29, 0.717) is 43.4 Å². The number of carbonyl (C=O) groups excluding carboxylic acids is 2. The van der Waals surface area contributed by atoms with Gasteiger partial charge in [0.1, 0.15) is 5.82 Å². The van der Waals surface area contributed by atoms with Crippen molar-refractivity contribution in [2.24, 2.45) is 11.5 Å². The Labute approximate surface area is 224 Å². The third-order valence-electron chi connectivity index (χ3n) is 7.36. The zero-order valence-electron chi connectivity index (χ0n) is 20.6. The molecule has 9 heteroatoms. The molecule has 0 bridgehead atoms. The summed E-state index contributed by atoms with van der Waals surface area (Å²) >= 11 is 0. The molecule has 196 valence electrons. The van der Waals surface area contributed by atoms with Crippen LogP contribution in [0.4, 0.5) is 4.39 Å². The lowest BCUT2D eigenvalue weighted by Crippen LogP contribution is -2.17. The molecule has 6 aromatic carbocycles. The number of benzene rings is 6. The maximum atomic E-state index is 14.1. The lowest BCUT2D eigenvalue weighted by molar-refractivity contribution is 0.0695. The maximum absolute atomic E-state index is 14.1. The van der Waals surface area contributed by atoms with Crippen molar-refractivity contribution in [1.29, 1.82) is 0 Å². The SMILES string of the molecule is NC(=O)c1ccc2c3ccc(C(=O)O)c4c(C(=O)O)ccc(c5c(Cc6cccc(F)c6)cc(C(N)=O)c1c25)c43. The number of hydrogen-bond donors (Lipinski definition) is 4. The van der Waals surface area contributed by atoms with Crippen molar-refractivity contribution in [3.8, 4) is 0 Å². The number of hydrogen-bond acceptors (Lipinski definition) is 4. The molecule has 0 atom stereocenters. The number of carboxylic acids is 2. The first kappa shape index (κ1) is 24.7. The van der Waals surface area contributed by atoms with Crippen LogP contribution in [0.5, 0.6) is 0 Å². The summed E-state index contributed by atoms with van der Waals surface area (Å²) < 4.78 is 14.1. The summed E-state index contributed by atoms with van der Waals surface area (Å²) in [6.45, 7) is 0. The van der Waals surface area contributed by atoms with Crippen molar-refractivity contribution >= 4 is 66.8 Å². The summed E-state index contributed by atoms with van der Waals surface area (Å²) in [5.74, 6) is -4.63. The highest BCUT2D eigenvalue weighted by Crippen LogP contribution is 2.45. The van der Waals surface area contributed by atoms with Gasteiger partial charge in [0, 0.05) is 21.9 Å². The molecule has 0 heterocycles. The number of nitrogens with two attached hydrogens (primary N) is 2. The van der Waals surface area contributed by atoms with Crippen molar-refractivity contribution < 1.29 is 33.8 Å². The molecule has 6 rings (SSSR count). The molecule has 0 unspecified atom stereocenters. The number of amides is 2. The first-order chi connectivity index (χ1) is 19.1. The molecule has 40 heavy (non-hydrogen) atoms. The van der Waals surface area contributed by atoms with Crippen LogP contribution in [-0.4, -0.2) is 34.0 Å². The topological polar surface area (TPSA) is 161 Å². The van der Waals surface area contributed by atoms with Crippen LogP contribution in [0.15, 0.2) is 66.7 Å². The summed E-state index contributed by atoms with van der Waals surface area (Å²) in [5.41, 5.74) is 12.4. The van der Waals surface area contributed by atoms with E-state index in [-0.39, 0.29) is 39.4 Å². The van der Waals surface area contributed by atoms with Crippen LogP contribution in [0.3, 0.4) is 0 Å². The molecule has 0 spiro atoms. The van der Waals surface area contributed by atoms with Crippen LogP contribution in [0.25, 0.3) is 43.1 Å². The van der Waals surface area contributed by atoms with Crippen molar-refractivity contribution in [3.05, 3.63) is 106 Å². The Morgan fingerprint density at radius 1 is 0.600 bits per heavy atom. The Balaban J connectivity index is 1.93. The summed E-state index contributed by atoms with van der Waals surface area (Å²) in [7, 11) is 0. The second kappa shape index (κ2) is 8.74. The summed E-state index contributed by atoms with van der Waals surface area (Å²) in [6, 6.07) is 16.4. The molecule has 0 aliphatic carbocycles. The molecule has 6 aromatic rings. The molecule has 0 saturated carbocycles. The minimum atomic E-state index is -1.30. The standard InChI is InChI=1S/C31H19FN2O6/c32-15-3-1-2-13(11-15)10-14-12-22(29(34)36)25-19(28(33)35)7-4-17-16-5-8-20(30(37)38)26-21(31(39)40)9-6-18(24(16)26)23(14)27(17)25/h1-9,11-12H,10H2,(H2,33,35)(H2,34,36)(H,37,38)(H,39,40). The molecule has 0 radical (unpaired) electrons. The highest BCUT2D eigenvalue weighted by atomic mass is 19.1. The lowest BCUT2D eigenvalue weighted by atomic mass is 9.81. The first-order valence-corrected chi connectivity index (χ1v) is 12.1. The monoisotopic (exact) mass is 534 g/mol. The van der Waals surface area contributed by atoms with E-state index < -0.39 is 29.6 Å². The number of fused-ring (bicyclic) bond motifs is 2. The fourth-order valence-corrected chi connectivity index (χ4v) is 5.84. The van der Waals surface area contributed by atoms with Crippen LogP contribution >= 0.6 is 0 Å². The summed E-state index contributed by atoms with van der Waals surface area (Å²) in [5, 5.41) is 23.2. The Morgan fingerprint density at radius 2 is 1.15 bits per heavy atom. The molecular weight excluding hydrogens is 515 g/mol. The van der Waals surface area contributed by atoms with Gasteiger partial charge < -0.3 is 21.7 Å². The number of primary amides is 2. The Kier molecular flexibility index (Phi) is 5.41. The zero-order chi connectivity index (χ0) is 28.5. The normalized spacial score (nSPS) is 11.5. The molecular formula is C31H19FN2O6. The number of aromatic carboxylic acids is 2. The molecule has 0 aliphatic rings. The molecule has 6 N–H and O–H groups in total. The molecule has 0 fully saturated rings. The van der Waals surface area contributed by atoms with Gasteiger partial charge in [0.25, 0.3) is 0 Å². The van der Waals surface area contributed by atoms with Gasteiger partial charge in [0.2, 0.25) is 11.8 Å². The number of carboxylic acid groups (broad SMARTS) is 2. The first-order valence-electron chi connectivity index (χ1n) is 12.1. The quantitative estimate of drug-likeness (QED) is 0.172. The van der Waals surface area contributed by atoms with E-state index in [1.54, 1.807) is 30.3 Å². The zero-order valence-corrected chi connectivity index (χ0v) is 20.6. The summed E-state index contributed by atoms with van der Waals surface area (Å²) in [4.78, 5) is 49.6. The fourth-order valence-electron chi connectivity index (χ4n) is 5.84. The van der Waals surface area contributed by atoms with Gasteiger partial charge in [-0.2, -0.15) is 0 Å². The minimum absolute atomic E-state index is 0.0449. The number of carbonyl (C=O) groups is 4. The van der Waals surface area contributed by atoms with E-state index in [9.17, 15) is 33.8 Å². The Bertz CT molecular complexity index is 2100. The fraction of sp³-hybridized carbons (Fsp3) is 0.0323. The lowest BCUT2D eigenvalue weighted by Gasteiger charge is -2.21. The second-order valence-corrected chi connectivity index (χ2v) is 9.59.